The molecule has 1 aliphatic heterocycles. The van der Waals surface area contributed by atoms with E-state index >= 15 is 0 Å². The second kappa shape index (κ2) is 9.71. The Labute approximate surface area is 185 Å². The zero-order chi connectivity index (χ0) is 22.5. The van der Waals surface area contributed by atoms with Crippen molar-refractivity contribution in [3.05, 3.63) is 71.6 Å². The highest BCUT2D eigenvalue weighted by molar-refractivity contribution is 6.30. The first-order valence-electron chi connectivity index (χ1n) is 10.3. The van der Waals surface area contributed by atoms with E-state index in [1.165, 1.54) is 6.20 Å². The van der Waals surface area contributed by atoms with Crippen molar-refractivity contribution < 1.29 is 9.90 Å². The van der Waals surface area contributed by atoms with Crippen LogP contribution in [0.5, 0.6) is 0 Å². The highest BCUT2D eigenvalue weighted by Crippen LogP contribution is 2.46. The number of nitrogens with one attached hydrogen (secondary N) is 1. The van der Waals surface area contributed by atoms with Crippen LogP contribution in [0.25, 0.3) is 0 Å². The van der Waals surface area contributed by atoms with Crippen molar-refractivity contribution in [1.82, 2.24) is 10.2 Å². The lowest BCUT2D eigenvalue weighted by Gasteiger charge is -2.51. The van der Waals surface area contributed by atoms with E-state index in [4.69, 9.17) is 17.3 Å². The van der Waals surface area contributed by atoms with Crippen molar-refractivity contribution in [3.8, 4) is 0 Å². The fourth-order valence-electron chi connectivity index (χ4n) is 3.98. The van der Waals surface area contributed by atoms with Crippen LogP contribution in [0.2, 0.25) is 5.02 Å². The summed E-state index contributed by atoms with van der Waals surface area (Å²) >= 11 is 6.02. The lowest BCUT2D eigenvalue weighted by molar-refractivity contribution is -0.155. The number of rotatable bonds is 7. The highest BCUT2D eigenvalue weighted by atomic mass is 35.5. The molecule has 0 aromatic heterocycles. The fraction of sp³-hybridized carbons (Fsp3) is 0.458. The van der Waals surface area contributed by atoms with Gasteiger partial charge in [0.05, 0.1) is 11.3 Å². The molecule has 164 valence electrons. The minimum Gasteiger partial charge on any atom is -0.403 e. The molecule has 1 aromatic carbocycles. The van der Waals surface area contributed by atoms with Crippen LogP contribution in [0.15, 0.2) is 61.0 Å². The van der Waals surface area contributed by atoms with E-state index in [0.717, 1.165) is 5.56 Å². The monoisotopic (exact) mass is 431 g/mol. The number of allylic oxidation sites excluding steroid dienone is 3. The van der Waals surface area contributed by atoms with Gasteiger partial charge in [-0.1, -0.05) is 70.2 Å². The zero-order valence-electron chi connectivity index (χ0n) is 18.4. The van der Waals surface area contributed by atoms with E-state index in [1.807, 2.05) is 44.7 Å². The fourth-order valence-corrected chi connectivity index (χ4v) is 4.11. The van der Waals surface area contributed by atoms with E-state index < -0.39 is 17.1 Å². The summed E-state index contributed by atoms with van der Waals surface area (Å²) in [6.07, 6.45) is 7.11. The Morgan fingerprint density at radius 1 is 1.33 bits per heavy atom. The van der Waals surface area contributed by atoms with Gasteiger partial charge >= 0.3 is 0 Å². The number of hydrogen-bond donors (Lipinski definition) is 3. The minimum absolute atomic E-state index is 0.00239. The molecule has 1 aromatic rings. The number of nitrogens with two attached hydrogens (primary N) is 1. The molecule has 0 aliphatic carbocycles. The average molecular weight is 432 g/mol. The number of piperidine rings is 1. The largest absolute Gasteiger partial charge is 0.403 e. The molecule has 1 fully saturated rings. The van der Waals surface area contributed by atoms with Crippen LogP contribution in [0.3, 0.4) is 0 Å². The molecule has 0 spiro atoms. The molecule has 0 radical (unpaired) electrons. The van der Waals surface area contributed by atoms with Crippen LogP contribution in [-0.2, 0) is 10.4 Å². The highest BCUT2D eigenvalue weighted by Gasteiger charge is 2.50. The predicted molar refractivity (Wildman–Crippen MR) is 124 cm³/mol. The normalized spacial score (nSPS) is 22.9. The van der Waals surface area contributed by atoms with Gasteiger partial charge in [-0.25, -0.2) is 0 Å². The lowest BCUT2D eigenvalue weighted by atomic mass is 9.66. The second-order valence-electron chi connectivity index (χ2n) is 8.84. The predicted octanol–water partition coefficient (Wildman–Crippen LogP) is 3.94. The van der Waals surface area contributed by atoms with Crippen molar-refractivity contribution in [1.29, 1.82) is 0 Å². The third kappa shape index (κ3) is 5.08. The van der Waals surface area contributed by atoms with Crippen molar-refractivity contribution in [3.63, 3.8) is 0 Å². The molecule has 2 atom stereocenters. The van der Waals surface area contributed by atoms with E-state index in [9.17, 15) is 9.90 Å². The maximum absolute atomic E-state index is 13.4. The van der Waals surface area contributed by atoms with Crippen LogP contribution in [0.1, 0.15) is 39.7 Å². The van der Waals surface area contributed by atoms with Gasteiger partial charge in [-0.15, -0.1) is 0 Å². The van der Waals surface area contributed by atoms with Gasteiger partial charge in [0.2, 0.25) is 5.91 Å². The molecular formula is C24H34ClN3O2. The molecule has 2 rings (SSSR count). The number of hydrogen-bond acceptors (Lipinski definition) is 4. The third-order valence-electron chi connectivity index (χ3n) is 5.93. The van der Waals surface area contributed by atoms with Gasteiger partial charge in [0, 0.05) is 29.7 Å². The van der Waals surface area contributed by atoms with Gasteiger partial charge in [0.25, 0.3) is 0 Å². The maximum atomic E-state index is 13.4. The summed E-state index contributed by atoms with van der Waals surface area (Å²) in [5, 5.41) is 15.4. The molecule has 1 amide bonds. The first-order chi connectivity index (χ1) is 14.1. The number of carbonyl (C=O) groups is 1. The number of likely N-dealkylation sites (tertiary alicyclic amines) is 1. The Hall–Kier alpha value is -2.24. The van der Waals surface area contributed by atoms with Gasteiger partial charge in [-0.3, -0.25) is 4.79 Å². The minimum atomic E-state index is -1.04. The Balaban J connectivity index is 2.22. The molecule has 6 heteroatoms. The second-order valence-corrected chi connectivity index (χ2v) is 9.28. The van der Waals surface area contributed by atoms with Crippen molar-refractivity contribution >= 4 is 17.5 Å². The molecule has 0 unspecified atom stereocenters. The molecule has 1 heterocycles. The van der Waals surface area contributed by atoms with Crippen molar-refractivity contribution in [2.45, 2.75) is 45.8 Å². The van der Waals surface area contributed by atoms with Gasteiger partial charge in [-0.2, -0.15) is 0 Å². The summed E-state index contributed by atoms with van der Waals surface area (Å²) in [5.74, 6) is 0.0624. The van der Waals surface area contributed by atoms with Crippen LogP contribution in [0, 0.1) is 11.3 Å². The molecule has 5 nitrogen and oxygen atoms in total. The van der Waals surface area contributed by atoms with Crippen molar-refractivity contribution in [2.24, 2.45) is 17.1 Å². The summed E-state index contributed by atoms with van der Waals surface area (Å²) in [7, 11) is 0. The molecular weight excluding hydrogens is 398 g/mol. The summed E-state index contributed by atoms with van der Waals surface area (Å²) in [4.78, 5) is 15.2. The number of halogens is 1. The smallest absolute Gasteiger partial charge is 0.245 e. The molecule has 0 saturated carbocycles. The number of nitrogens with zero attached hydrogens (tertiary/aromatic N) is 1. The van der Waals surface area contributed by atoms with Crippen molar-refractivity contribution in [2.75, 3.05) is 13.1 Å². The van der Waals surface area contributed by atoms with Gasteiger partial charge in [0.15, 0.2) is 0 Å². The first kappa shape index (κ1) is 24.0. The molecule has 30 heavy (non-hydrogen) atoms. The number of aliphatic hydroxyl groups is 1. The summed E-state index contributed by atoms with van der Waals surface area (Å²) in [5.41, 5.74) is 5.63. The number of benzene rings is 1. The topological polar surface area (TPSA) is 78.6 Å². The van der Waals surface area contributed by atoms with E-state index in [2.05, 4.69) is 11.9 Å². The molecule has 4 N–H and O–H groups in total. The first-order valence-corrected chi connectivity index (χ1v) is 10.7. The van der Waals surface area contributed by atoms with Crippen LogP contribution >= 0.6 is 11.6 Å². The molecule has 1 saturated heterocycles. The lowest BCUT2D eigenvalue weighted by Crippen LogP contribution is -2.60. The van der Waals surface area contributed by atoms with E-state index in [-0.39, 0.29) is 11.8 Å². The van der Waals surface area contributed by atoms with Gasteiger partial charge in [0.1, 0.15) is 6.04 Å². The van der Waals surface area contributed by atoms with Crippen LogP contribution < -0.4 is 11.1 Å². The van der Waals surface area contributed by atoms with E-state index in [0.29, 0.717) is 30.2 Å². The Morgan fingerprint density at radius 2 is 1.97 bits per heavy atom. The van der Waals surface area contributed by atoms with E-state index in [1.54, 1.807) is 30.4 Å². The van der Waals surface area contributed by atoms with Crippen LogP contribution in [-0.4, -0.2) is 35.0 Å². The quantitative estimate of drug-likeness (QED) is 0.571. The average Bonchev–Trinajstić information content (AvgIpc) is 2.70. The molecule has 0 bridgehead atoms. The summed E-state index contributed by atoms with van der Waals surface area (Å²) < 4.78 is 0. The SMILES string of the molecule is C=C/C=C\C(=C/N)N[C@@H](C(=O)N1CC[C@](O)(c2ccc(Cl)cc2)C(C)(C)C1)C(C)C. The summed E-state index contributed by atoms with van der Waals surface area (Å²) in [6, 6.07) is 6.89. The van der Waals surface area contributed by atoms with Gasteiger partial charge < -0.3 is 21.1 Å². The Kier molecular flexibility index (Phi) is 7.78. The third-order valence-corrected chi connectivity index (χ3v) is 6.18. The Bertz CT molecular complexity index is 814. The summed E-state index contributed by atoms with van der Waals surface area (Å²) in [6.45, 7) is 12.6. The number of amides is 1. The standard InChI is InChI=1S/C24H34ClN3O2/c1-6-7-8-20(15-26)27-21(17(2)3)22(29)28-14-13-24(30,23(4,5)16-28)18-9-11-19(25)12-10-18/h6-12,15,17,21,27,30H,1,13-14,16,26H2,2-5H3/b8-7-,20-15+/t21-,24+/m1/s1. The van der Waals surface area contributed by atoms with Gasteiger partial charge in [-0.05, 0) is 36.1 Å². The zero-order valence-corrected chi connectivity index (χ0v) is 19.1. The Morgan fingerprint density at radius 3 is 2.47 bits per heavy atom. The number of carbonyl (C=O) groups excluding carboxylic acids is 1. The maximum Gasteiger partial charge on any atom is 0.245 e. The van der Waals surface area contributed by atoms with Crippen LogP contribution in [0.4, 0.5) is 0 Å². The molecule has 1 aliphatic rings.